The molecule has 13 heteroatoms. The summed E-state index contributed by atoms with van der Waals surface area (Å²) < 4.78 is 0. The lowest BCUT2D eigenvalue weighted by molar-refractivity contribution is 0.728. The second kappa shape index (κ2) is 18.1. The highest BCUT2D eigenvalue weighted by Gasteiger charge is 2.13. The van der Waals surface area contributed by atoms with Gasteiger partial charge < -0.3 is 21.4 Å². The molecule has 0 amide bonds. The minimum Gasteiger partial charge on any atom is -0.384 e. The molecule has 6 N–H and O–H groups in total. The lowest BCUT2D eigenvalue weighted by atomic mass is 10.2. The van der Waals surface area contributed by atoms with E-state index in [9.17, 15) is 0 Å². The maximum Gasteiger partial charge on any atom is 0.148 e. The number of aliphatic imine (C=N–C) groups is 2. The number of nitrogens with zero attached hydrogens (tertiary/aromatic N) is 4. The number of nitrogens with one attached hydrogen (secondary N) is 2. The van der Waals surface area contributed by atoms with Crippen LogP contribution in [0, 0.1) is 0 Å². The first kappa shape index (κ1) is 38.2. The standard InChI is InChI=1S/C30H36N8S.4ClH/c1-3-5-7-15-33-27(31)19-9-11-21-23(17-19)37-29(35-21)25-13-14-26(39-25)30-36-22-12-10-20(18-24(22)38-30)28(32)34-16-8-6-4-2;;;;/h9-14,17-18H,3-8,15-16H2,1-2H3,(H2,31,33)(H2,32,34)(H,35,37)(H,36,38);4*1H. The molecule has 0 saturated carbocycles. The number of halogens is 4. The summed E-state index contributed by atoms with van der Waals surface area (Å²) in [5.41, 5.74) is 18.0. The van der Waals surface area contributed by atoms with Crippen molar-refractivity contribution >= 4 is 94.7 Å². The van der Waals surface area contributed by atoms with Crippen LogP contribution in [0.3, 0.4) is 0 Å². The smallest absolute Gasteiger partial charge is 0.148 e. The van der Waals surface area contributed by atoms with Crippen molar-refractivity contribution in [1.29, 1.82) is 0 Å². The Balaban J connectivity index is 0.00000231. The normalized spacial score (nSPS) is 11.5. The Morgan fingerprint density at radius 3 is 1.47 bits per heavy atom. The number of aromatic nitrogens is 4. The molecule has 0 unspecified atom stereocenters. The average molecular weight is 687 g/mol. The van der Waals surface area contributed by atoms with Crippen LogP contribution in [-0.4, -0.2) is 44.7 Å². The number of nitrogens with two attached hydrogens (primary N) is 2. The Morgan fingerprint density at radius 1 is 0.651 bits per heavy atom. The van der Waals surface area contributed by atoms with Crippen LogP contribution in [0.15, 0.2) is 58.5 Å². The van der Waals surface area contributed by atoms with E-state index in [1.54, 1.807) is 11.3 Å². The number of fused-ring (bicyclic) bond motifs is 2. The Bertz CT molecular complexity index is 1520. The fourth-order valence-corrected chi connectivity index (χ4v) is 5.36. The summed E-state index contributed by atoms with van der Waals surface area (Å²) >= 11 is 1.64. The maximum atomic E-state index is 6.24. The van der Waals surface area contributed by atoms with E-state index < -0.39 is 0 Å². The quantitative estimate of drug-likeness (QED) is 0.0597. The van der Waals surface area contributed by atoms with E-state index in [0.717, 1.165) is 80.5 Å². The number of aromatic amines is 2. The van der Waals surface area contributed by atoms with E-state index in [4.69, 9.17) is 21.4 Å². The topological polar surface area (TPSA) is 134 Å². The number of H-pyrrole nitrogens is 2. The van der Waals surface area contributed by atoms with Gasteiger partial charge in [0.05, 0.1) is 31.8 Å². The fraction of sp³-hybridized carbons (Fsp3) is 0.333. The summed E-state index contributed by atoms with van der Waals surface area (Å²) in [7, 11) is 0. The number of thiophene rings is 1. The Hall–Kier alpha value is -2.82. The molecular weight excluding hydrogens is 646 g/mol. The number of benzene rings is 2. The predicted octanol–water partition coefficient (Wildman–Crippen LogP) is 8.31. The number of hydrogen-bond acceptors (Lipinski definition) is 5. The predicted molar refractivity (Wildman–Crippen MR) is 194 cm³/mol. The molecule has 0 aliphatic rings. The van der Waals surface area contributed by atoms with Crippen molar-refractivity contribution in [2.45, 2.75) is 52.4 Å². The van der Waals surface area contributed by atoms with Gasteiger partial charge in [-0.15, -0.1) is 61.0 Å². The van der Waals surface area contributed by atoms with E-state index in [-0.39, 0.29) is 49.6 Å². The van der Waals surface area contributed by atoms with E-state index in [2.05, 4.69) is 45.9 Å². The molecule has 0 saturated heterocycles. The summed E-state index contributed by atoms with van der Waals surface area (Å²) in [4.78, 5) is 27.6. The Labute approximate surface area is 281 Å². The van der Waals surface area contributed by atoms with E-state index in [1.165, 1.54) is 25.7 Å². The molecule has 3 aromatic heterocycles. The minimum atomic E-state index is 0. The molecule has 0 atom stereocenters. The number of rotatable bonds is 12. The fourth-order valence-electron chi connectivity index (χ4n) is 4.47. The van der Waals surface area contributed by atoms with Crippen LogP contribution in [0.25, 0.3) is 43.5 Å². The van der Waals surface area contributed by atoms with Crippen molar-refractivity contribution in [2.24, 2.45) is 21.5 Å². The van der Waals surface area contributed by atoms with Crippen LogP contribution >= 0.6 is 61.0 Å². The first-order valence-electron chi connectivity index (χ1n) is 13.8. The van der Waals surface area contributed by atoms with Crippen LogP contribution < -0.4 is 11.5 Å². The second-order valence-electron chi connectivity index (χ2n) is 9.75. The largest absolute Gasteiger partial charge is 0.384 e. The van der Waals surface area contributed by atoms with E-state index in [1.807, 2.05) is 36.4 Å². The van der Waals surface area contributed by atoms with Gasteiger partial charge in [0, 0.05) is 24.2 Å². The molecule has 3 heterocycles. The third-order valence-corrected chi connectivity index (χ3v) is 7.81. The number of amidine groups is 2. The van der Waals surface area contributed by atoms with Crippen molar-refractivity contribution < 1.29 is 0 Å². The third kappa shape index (κ3) is 9.33. The van der Waals surface area contributed by atoms with Crippen LogP contribution in [0.5, 0.6) is 0 Å². The lowest BCUT2D eigenvalue weighted by Gasteiger charge is -2.01. The highest BCUT2D eigenvalue weighted by Crippen LogP contribution is 2.34. The van der Waals surface area contributed by atoms with Gasteiger partial charge >= 0.3 is 0 Å². The molecule has 2 aromatic carbocycles. The van der Waals surface area contributed by atoms with Crippen LogP contribution in [0.2, 0.25) is 0 Å². The summed E-state index contributed by atoms with van der Waals surface area (Å²) in [6, 6.07) is 16.1. The second-order valence-corrected chi connectivity index (χ2v) is 10.8. The van der Waals surface area contributed by atoms with Crippen molar-refractivity contribution in [3.8, 4) is 21.4 Å². The van der Waals surface area contributed by atoms with Crippen LogP contribution in [0.1, 0.15) is 63.5 Å². The monoisotopic (exact) mass is 684 g/mol. The molecule has 0 spiro atoms. The van der Waals surface area contributed by atoms with Crippen molar-refractivity contribution in [3.63, 3.8) is 0 Å². The molecule has 8 nitrogen and oxygen atoms in total. The molecule has 0 aliphatic heterocycles. The van der Waals surface area contributed by atoms with Crippen LogP contribution in [-0.2, 0) is 0 Å². The molecule has 0 radical (unpaired) electrons. The zero-order valence-corrected chi connectivity index (χ0v) is 28.3. The molecule has 0 aliphatic carbocycles. The molecule has 5 rings (SSSR count). The summed E-state index contributed by atoms with van der Waals surface area (Å²) in [6.45, 7) is 5.88. The Kier molecular flexibility index (Phi) is 16.1. The van der Waals surface area contributed by atoms with Gasteiger partial charge in [-0.25, -0.2) is 9.97 Å². The molecule has 0 fully saturated rings. The van der Waals surface area contributed by atoms with Crippen molar-refractivity contribution in [1.82, 2.24) is 19.9 Å². The van der Waals surface area contributed by atoms with Gasteiger partial charge in [0.1, 0.15) is 23.3 Å². The van der Waals surface area contributed by atoms with Gasteiger partial charge in [-0.3, -0.25) is 9.98 Å². The highest BCUT2D eigenvalue weighted by atomic mass is 35.5. The lowest BCUT2D eigenvalue weighted by Crippen LogP contribution is -2.13. The first-order chi connectivity index (χ1) is 19.1. The SMILES string of the molecule is CCCCCN=C(N)c1ccc2nc(-c3ccc(-c4nc5ccc(C(N)=NCCCCC)cc5[nH]4)s3)[nH]c2c1.Cl.Cl.Cl.Cl. The number of imidazole rings is 2. The van der Waals surface area contributed by atoms with Crippen molar-refractivity contribution in [3.05, 3.63) is 59.7 Å². The van der Waals surface area contributed by atoms with Crippen LogP contribution in [0.4, 0.5) is 0 Å². The molecule has 43 heavy (non-hydrogen) atoms. The molecular formula is C30H40Cl4N8S. The van der Waals surface area contributed by atoms with Gasteiger partial charge in [0.2, 0.25) is 0 Å². The first-order valence-corrected chi connectivity index (χ1v) is 14.6. The summed E-state index contributed by atoms with van der Waals surface area (Å²) in [5.74, 6) is 2.78. The number of hydrogen-bond donors (Lipinski definition) is 4. The summed E-state index contributed by atoms with van der Waals surface area (Å²) in [5, 5.41) is 0. The average Bonchev–Trinajstić information content (AvgIpc) is 3.70. The summed E-state index contributed by atoms with van der Waals surface area (Å²) in [6.07, 6.45) is 6.79. The van der Waals surface area contributed by atoms with E-state index >= 15 is 0 Å². The van der Waals surface area contributed by atoms with E-state index in [0.29, 0.717) is 11.7 Å². The number of unbranched alkanes of at least 4 members (excludes halogenated alkanes) is 4. The van der Waals surface area contributed by atoms with Gasteiger partial charge in [0.15, 0.2) is 0 Å². The van der Waals surface area contributed by atoms with Gasteiger partial charge in [-0.1, -0.05) is 39.5 Å². The zero-order chi connectivity index (χ0) is 27.2. The molecule has 234 valence electrons. The Morgan fingerprint density at radius 2 is 1.07 bits per heavy atom. The third-order valence-electron chi connectivity index (χ3n) is 6.72. The van der Waals surface area contributed by atoms with Crippen molar-refractivity contribution in [2.75, 3.05) is 13.1 Å². The van der Waals surface area contributed by atoms with Gasteiger partial charge in [-0.2, -0.15) is 0 Å². The maximum absolute atomic E-state index is 6.24. The molecule has 5 aromatic rings. The zero-order valence-electron chi connectivity index (χ0n) is 24.3. The highest BCUT2D eigenvalue weighted by molar-refractivity contribution is 7.18. The minimum absolute atomic E-state index is 0. The molecule has 0 bridgehead atoms. The van der Waals surface area contributed by atoms with Gasteiger partial charge in [0.25, 0.3) is 0 Å². The van der Waals surface area contributed by atoms with Gasteiger partial charge in [-0.05, 0) is 61.4 Å².